The van der Waals surface area contributed by atoms with Gasteiger partial charge in [0.15, 0.2) is 0 Å². The number of hydrogen-bond acceptors (Lipinski definition) is 5. The van der Waals surface area contributed by atoms with Crippen LogP contribution in [0.5, 0.6) is 0 Å². The summed E-state index contributed by atoms with van der Waals surface area (Å²) in [5.41, 5.74) is 0. The van der Waals surface area contributed by atoms with Gasteiger partial charge in [0.1, 0.15) is 0 Å². The highest BCUT2D eigenvalue weighted by Crippen LogP contribution is 2.21. The van der Waals surface area contributed by atoms with Crippen molar-refractivity contribution in [3.05, 3.63) is 23.4 Å². The standard InChI is InChI=1S/C13H19N3OS/c1-9(2)10(3)16(4)8-12-14-13(15-17-12)11-6-5-7-18-11/h5-7,9-10H,8H2,1-4H3. The van der Waals surface area contributed by atoms with Crippen molar-refractivity contribution in [2.75, 3.05) is 7.05 Å². The van der Waals surface area contributed by atoms with Crippen LogP contribution in [0.1, 0.15) is 26.7 Å². The van der Waals surface area contributed by atoms with Gasteiger partial charge in [0.25, 0.3) is 0 Å². The summed E-state index contributed by atoms with van der Waals surface area (Å²) in [6.07, 6.45) is 0. The van der Waals surface area contributed by atoms with E-state index in [2.05, 4.69) is 42.9 Å². The largest absolute Gasteiger partial charge is 0.338 e. The Morgan fingerprint density at radius 3 is 2.78 bits per heavy atom. The molecule has 0 saturated heterocycles. The predicted octanol–water partition coefficient (Wildman–Crippen LogP) is 3.27. The fourth-order valence-corrected chi connectivity index (χ4v) is 2.34. The summed E-state index contributed by atoms with van der Waals surface area (Å²) in [7, 11) is 2.08. The van der Waals surface area contributed by atoms with Gasteiger partial charge in [0, 0.05) is 6.04 Å². The molecule has 0 aliphatic carbocycles. The van der Waals surface area contributed by atoms with E-state index in [-0.39, 0.29) is 0 Å². The Labute approximate surface area is 112 Å². The van der Waals surface area contributed by atoms with Crippen molar-refractivity contribution in [1.29, 1.82) is 0 Å². The number of rotatable bonds is 5. The van der Waals surface area contributed by atoms with Crippen LogP contribution in [-0.4, -0.2) is 28.1 Å². The molecule has 5 heteroatoms. The molecule has 0 aliphatic heterocycles. The fourth-order valence-electron chi connectivity index (χ4n) is 1.69. The first-order valence-electron chi connectivity index (χ1n) is 6.14. The molecule has 0 N–H and O–H groups in total. The zero-order valence-corrected chi connectivity index (χ0v) is 12.1. The molecular weight excluding hydrogens is 246 g/mol. The average molecular weight is 265 g/mol. The van der Waals surface area contributed by atoms with E-state index in [1.165, 1.54) is 0 Å². The molecule has 2 aromatic rings. The molecule has 0 bridgehead atoms. The maximum absolute atomic E-state index is 5.29. The van der Waals surface area contributed by atoms with Crippen LogP contribution in [-0.2, 0) is 6.54 Å². The number of nitrogens with zero attached hydrogens (tertiary/aromatic N) is 3. The summed E-state index contributed by atoms with van der Waals surface area (Å²) >= 11 is 1.62. The molecule has 2 aromatic heterocycles. The first-order chi connectivity index (χ1) is 8.58. The Bertz CT molecular complexity index is 478. The van der Waals surface area contributed by atoms with Crippen molar-refractivity contribution >= 4 is 11.3 Å². The summed E-state index contributed by atoms with van der Waals surface area (Å²) in [4.78, 5) is 7.70. The minimum Gasteiger partial charge on any atom is -0.338 e. The quantitative estimate of drug-likeness (QED) is 0.832. The number of aromatic nitrogens is 2. The van der Waals surface area contributed by atoms with E-state index in [9.17, 15) is 0 Å². The Balaban J connectivity index is 2.03. The molecule has 0 fully saturated rings. The lowest BCUT2D eigenvalue weighted by Gasteiger charge is -2.26. The molecule has 1 atom stereocenters. The van der Waals surface area contributed by atoms with Crippen molar-refractivity contribution in [3.63, 3.8) is 0 Å². The summed E-state index contributed by atoms with van der Waals surface area (Å²) in [5.74, 6) is 1.97. The third-order valence-electron chi connectivity index (χ3n) is 3.25. The molecule has 18 heavy (non-hydrogen) atoms. The highest BCUT2D eigenvalue weighted by Gasteiger charge is 2.17. The van der Waals surface area contributed by atoms with Crippen molar-refractivity contribution in [3.8, 4) is 10.7 Å². The van der Waals surface area contributed by atoms with Crippen LogP contribution in [0.4, 0.5) is 0 Å². The summed E-state index contributed by atoms with van der Waals surface area (Å²) in [5, 5.41) is 6.03. The van der Waals surface area contributed by atoms with E-state index >= 15 is 0 Å². The first kappa shape index (κ1) is 13.2. The smallest absolute Gasteiger partial charge is 0.241 e. The third-order valence-corrected chi connectivity index (χ3v) is 4.12. The normalized spacial score (nSPS) is 13.4. The van der Waals surface area contributed by atoms with Gasteiger partial charge in [-0.05, 0) is 31.3 Å². The van der Waals surface area contributed by atoms with Crippen LogP contribution in [0.3, 0.4) is 0 Å². The van der Waals surface area contributed by atoms with Gasteiger partial charge in [-0.2, -0.15) is 4.98 Å². The van der Waals surface area contributed by atoms with Crippen LogP contribution in [0.2, 0.25) is 0 Å². The molecule has 2 rings (SSSR count). The van der Waals surface area contributed by atoms with Crippen molar-refractivity contribution < 1.29 is 4.52 Å². The van der Waals surface area contributed by atoms with Gasteiger partial charge < -0.3 is 4.52 Å². The fraction of sp³-hybridized carbons (Fsp3) is 0.538. The molecule has 98 valence electrons. The molecular formula is C13H19N3OS. The molecule has 0 spiro atoms. The molecule has 0 radical (unpaired) electrons. The van der Waals surface area contributed by atoms with Crippen LogP contribution < -0.4 is 0 Å². The number of hydrogen-bond donors (Lipinski definition) is 0. The molecule has 0 aliphatic rings. The molecule has 1 unspecified atom stereocenters. The zero-order valence-electron chi connectivity index (χ0n) is 11.3. The van der Waals surface area contributed by atoms with Crippen LogP contribution in [0.15, 0.2) is 22.0 Å². The topological polar surface area (TPSA) is 42.2 Å². The van der Waals surface area contributed by atoms with Crippen LogP contribution >= 0.6 is 11.3 Å². The lowest BCUT2D eigenvalue weighted by Crippen LogP contribution is -2.32. The monoisotopic (exact) mass is 265 g/mol. The maximum atomic E-state index is 5.29. The lowest BCUT2D eigenvalue weighted by molar-refractivity contribution is 0.177. The van der Waals surface area contributed by atoms with E-state index < -0.39 is 0 Å². The van der Waals surface area contributed by atoms with Gasteiger partial charge in [-0.3, -0.25) is 4.90 Å². The average Bonchev–Trinajstić information content (AvgIpc) is 2.96. The van der Waals surface area contributed by atoms with Gasteiger partial charge in [-0.15, -0.1) is 11.3 Å². The highest BCUT2D eigenvalue weighted by atomic mass is 32.1. The zero-order chi connectivity index (χ0) is 13.1. The van der Waals surface area contributed by atoms with Crippen LogP contribution in [0.25, 0.3) is 10.7 Å². The van der Waals surface area contributed by atoms with Gasteiger partial charge >= 0.3 is 0 Å². The first-order valence-corrected chi connectivity index (χ1v) is 7.02. The Morgan fingerprint density at radius 1 is 1.39 bits per heavy atom. The van der Waals surface area contributed by atoms with Crippen molar-refractivity contribution in [2.24, 2.45) is 5.92 Å². The minimum atomic E-state index is 0.488. The molecule has 0 saturated carbocycles. The Kier molecular flexibility index (Phi) is 4.14. The predicted molar refractivity (Wildman–Crippen MR) is 73.4 cm³/mol. The van der Waals surface area contributed by atoms with Gasteiger partial charge in [0.2, 0.25) is 11.7 Å². The Morgan fingerprint density at radius 2 is 2.17 bits per heavy atom. The molecule has 0 aromatic carbocycles. The summed E-state index contributed by atoms with van der Waals surface area (Å²) in [6.45, 7) is 7.33. The second-order valence-corrected chi connectivity index (χ2v) is 5.84. The second kappa shape index (κ2) is 5.63. The van der Waals surface area contributed by atoms with E-state index in [4.69, 9.17) is 4.52 Å². The van der Waals surface area contributed by atoms with Gasteiger partial charge in [-0.1, -0.05) is 25.1 Å². The molecule has 4 nitrogen and oxygen atoms in total. The summed E-state index contributed by atoms with van der Waals surface area (Å²) < 4.78 is 5.29. The highest BCUT2D eigenvalue weighted by molar-refractivity contribution is 7.13. The van der Waals surface area contributed by atoms with Crippen molar-refractivity contribution in [1.82, 2.24) is 15.0 Å². The second-order valence-electron chi connectivity index (χ2n) is 4.89. The minimum absolute atomic E-state index is 0.488. The van der Waals surface area contributed by atoms with E-state index in [0.717, 1.165) is 4.88 Å². The lowest BCUT2D eigenvalue weighted by atomic mass is 10.1. The molecule has 2 heterocycles. The van der Waals surface area contributed by atoms with Crippen LogP contribution in [0, 0.1) is 5.92 Å². The van der Waals surface area contributed by atoms with E-state index in [1.807, 2.05) is 17.5 Å². The van der Waals surface area contributed by atoms with Gasteiger partial charge in [-0.25, -0.2) is 0 Å². The van der Waals surface area contributed by atoms with E-state index in [0.29, 0.717) is 30.2 Å². The Hall–Kier alpha value is -1.20. The SMILES string of the molecule is CC(C)C(C)N(C)Cc1nc(-c2cccs2)no1. The number of thiophene rings is 1. The third kappa shape index (κ3) is 2.97. The summed E-state index contributed by atoms with van der Waals surface area (Å²) in [6, 6.07) is 4.48. The van der Waals surface area contributed by atoms with Gasteiger partial charge in [0.05, 0.1) is 11.4 Å². The van der Waals surface area contributed by atoms with E-state index in [1.54, 1.807) is 11.3 Å². The molecule has 0 amide bonds. The van der Waals surface area contributed by atoms with Crippen molar-refractivity contribution in [2.45, 2.75) is 33.4 Å². The maximum Gasteiger partial charge on any atom is 0.241 e.